The summed E-state index contributed by atoms with van der Waals surface area (Å²) in [7, 11) is -3.25. The molecule has 0 aromatic carbocycles. The first kappa shape index (κ1) is 13.9. The maximum absolute atomic E-state index is 13.5. The van der Waals surface area contributed by atoms with Crippen molar-refractivity contribution in [3.05, 3.63) is 0 Å². The highest BCUT2D eigenvalue weighted by Crippen LogP contribution is 2.28. The summed E-state index contributed by atoms with van der Waals surface area (Å²) in [4.78, 5) is 5.44. The van der Waals surface area contributed by atoms with E-state index in [1.54, 1.807) is 13.8 Å². The van der Waals surface area contributed by atoms with Gasteiger partial charge in [0.05, 0.1) is 0 Å². The van der Waals surface area contributed by atoms with E-state index in [4.69, 9.17) is 0 Å². The van der Waals surface area contributed by atoms with Crippen LogP contribution in [-0.2, 0) is 0 Å². The second-order valence-electron chi connectivity index (χ2n) is 3.42. The summed E-state index contributed by atoms with van der Waals surface area (Å²) < 4.78 is 39.9. The summed E-state index contributed by atoms with van der Waals surface area (Å²) >= 11 is 0. The van der Waals surface area contributed by atoms with Gasteiger partial charge in [0.1, 0.15) is 0 Å². The Morgan fingerprint density at radius 2 is 1.57 bits per heavy atom. The van der Waals surface area contributed by atoms with Gasteiger partial charge in [-0.25, -0.2) is 13.2 Å². The lowest BCUT2D eigenvalue weighted by atomic mass is 10.5. The summed E-state index contributed by atoms with van der Waals surface area (Å²) in [6, 6.07) is 0. The molecule has 0 aliphatic carbocycles. The van der Waals surface area contributed by atoms with Gasteiger partial charge in [0.15, 0.2) is 6.17 Å². The summed E-state index contributed by atoms with van der Waals surface area (Å²) in [6.07, 6.45) is -2.13. The molecule has 0 aromatic rings. The third-order valence-electron chi connectivity index (χ3n) is 2.23. The van der Waals surface area contributed by atoms with Crippen LogP contribution >= 0.6 is 0 Å². The van der Waals surface area contributed by atoms with Crippen LogP contribution < -0.4 is 9.96 Å². The molecule has 0 aliphatic rings. The van der Waals surface area contributed by atoms with Crippen molar-refractivity contribution < 1.29 is 13.2 Å². The summed E-state index contributed by atoms with van der Waals surface area (Å²) in [5.74, 6) is 0. The van der Waals surface area contributed by atoms with Gasteiger partial charge in [-0.3, -0.25) is 0 Å². The molecule has 14 heavy (non-hydrogen) atoms. The summed E-state index contributed by atoms with van der Waals surface area (Å²) in [6.45, 7) is 6.62. The van der Waals surface area contributed by atoms with Gasteiger partial charge in [-0.1, -0.05) is 13.8 Å². The minimum absolute atomic E-state index is 0.415. The topological polar surface area (TPSA) is 24.1 Å². The molecule has 0 heterocycles. The van der Waals surface area contributed by atoms with E-state index < -0.39 is 20.1 Å². The predicted molar refractivity (Wildman–Crippen MR) is 54.5 cm³/mol. The molecule has 0 spiro atoms. The molecule has 0 rings (SSSR count). The van der Waals surface area contributed by atoms with E-state index in [1.807, 2.05) is 0 Å². The lowest BCUT2D eigenvalue weighted by molar-refractivity contribution is -0.00169. The normalized spacial score (nSPS) is 15.6. The van der Waals surface area contributed by atoms with Crippen LogP contribution in [0.1, 0.15) is 20.8 Å². The Kier molecular flexibility index (Phi) is 5.11. The van der Waals surface area contributed by atoms with E-state index >= 15 is 0 Å². The maximum Gasteiger partial charge on any atom is 0.290 e. The van der Waals surface area contributed by atoms with Crippen LogP contribution in [0.2, 0.25) is 6.55 Å². The Hall–Kier alpha value is -0.0731. The van der Waals surface area contributed by atoms with E-state index in [2.05, 4.69) is 9.96 Å². The third kappa shape index (κ3) is 2.71. The highest BCUT2D eigenvalue weighted by molar-refractivity contribution is 6.76. The van der Waals surface area contributed by atoms with Crippen molar-refractivity contribution in [2.45, 2.75) is 39.0 Å². The van der Waals surface area contributed by atoms with Crippen LogP contribution in [0.4, 0.5) is 13.2 Å². The Morgan fingerprint density at radius 1 is 1.21 bits per heavy atom. The third-order valence-corrected chi connectivity index (χ3v) is 6.08. The van der Waals surface area contributed by atoms with Crippen molar-refractivity contribution in [2.24, 2.45) is 0 Å². The zero-order valence-electron chi connectivity index (χ0n) is 9.13. The number of alkyl halides is 3. The van der Waals surface area contributed by atoms with Gasteiger partial charge in [0, 0.05) is 0 Å². The summed E-state index contributed by atoms with van der Waals surface area (Å²) in [5, 5.41) is 0. The molecule has 0 saturated heterocycles. The van der Waals surface area contributed by atoms with Crippen molar-refractivity contribution in [1.29, 1.82) is 0 Å². The standard InChI is InChI=1S/C8H19F3N2Si/c1-5-12-14(4,13-6-2)8(10,11)7(3)9/h7,12-13H,5-6H2,1-4H3. The molecule has 0 aliphatic heterocycles. The highest BCUT2D eigenvalue weighted by Gasteiger charge is 2.56. The van der Waals surface area contributed by atoms with E-state index in [0.29, 0.717) is 13.1 Å². The van der Waals surface area contributed by atoms with Crippen molar-refractivity contribution in [3.63, 3.8) is 0 Å². The number of halogens is 3. The number of rotatable bonds is 6. The van der Waals surface area contributed by atoms with Gasteiger partial charge in [0.2, 0.25) is 0 Å². The second-order valence-corrected chi connectivity index (χ2v) is 7.05. The maximum atomic E-state index is 13.5. The smallest absolute Gasteiger partial charge is 0.290 e. The van der Waals surface area contributed by atoms with Crippen LogP contribution in [0.5, 0.6) is 0 Å². The molecule has 1 unspecified atom stereocenters. The Balaban J connectivity index is 4.78. The van der Waals surface area contributed by atoms with Crippen molar-refractivity contribution in [2.75, 3.05) is 13.1 Å². The van der Waals surface area contributed by atoms with Gasteiger partial charge in [-0.2, -0.15) is 0 Å². The van der Waals surface area contributed by atoms with Crippen molar-refractivity contribution >= 4 is 8.40 Å². The SMILES string of the molecule is CCN[Si](C)(NCC)C(F)(F)C(C)F. The van der Waals surface area contributed by atoms with E-state index in [-0.39, 0.29) is 0 Å². The molecule has 6 heteroatoms. The van der Waals surface area contributed by atoms with Gasteiger partial charge in [-0.15, -0.1) is 0 Å². The highest BCUT2D eigenvalue weighted by atomic mass is 28.3. The van der Waals surface area contributed by atoms with Crippen LogP contribution in [-0.4, -0.2) is 33.2 Å². The van der Waals surface area contributed by atoms with Gasteiger partial charge < -0.3 is 9.96 Å². The molecule has 0 amide bonds. The molecule has 0 aromatic heterocycles. The zero-order chi connectivity index (χ0) is 11.4. The van der Waals surface area contributed by atoms with Crippen LogP contribution in [0.25, 0.3) is 0 Å². The Morgan fingerprint density at radius 3 is 1.79 bits per heavy atom. The minimum atomic E-state index is -3.29. The molecule has 0 bridgehead atoms. The number of hydrogen-bond acceptors (Lipinski definition) is 2. The lowest BCUT2D eigenvalue weighted by Crippen LogP contribution is -2.73. The van der Waals surface area contributed by atoms with Crippen molar-refractivity contribution in [3.8, 4) is 0 Å². The average Bonchev–Trinajstić information content (AvgIpc) is 2.04. The molecule has 1 atom stereocenters. The lowest BCUT2D eigenvalue weighted by Gasteiger charge is -2.36. The zero-order valence-corrected chi connectivity index (χ0v) is 10.1. The molecule has 0 radical (unpaired) electrons. The van der Waals surface area contributed by atoms with Gasteiger partial charge in [-0.05, 0) is 26.6 Å². The first-order valence-electron chi connectivity index (χ1n) is 4.83. The molecular weight excluding hydrogens is 209 g/mol. The van der Waals surface area contributed by atoms with Crippen molar-refractivity contribution in [1.82, 2.24) is 9.96 Å². The van der Waals surface area contributed by atoms with E-state index in [9.17, 15) is 13.2 Å². The Labute approximate surface area is 84.4 Å². The first-order valence-corrected chi connectivity index (χ1v) is 7.33. The summed E-state index contributed by atoms with van der Waals surface area (Å²) in [5.41, 5.74) is -3.29. The largest absolute Gasteiger partial charge is 0.321 e. The van der Waals surface area contributed by atoms with Gasteiger partial charge >= 0.3 is 0 Å². The first-order chi connectivity index (χ1) is 6.31. The van der Waals surface area contributed by atoms with Crippen LogP contribution in [0, 0.1) is 0 Å². The quantitative estimate of drug-likeness (QED) is 0.678. The number of hydrogen-bond donors (Lipinski definition) is 2. The van der Waals surface area contributed by atoms with E-state index in [0.717, 1.165) is 6.92 Å². The fourth-order valence-electron chi connectivity index (χ4n) is 1.40. The van der Waals surface area contributed by atoms with E-state index in [1.165, 1.54) is 6.55 Å². The molecule has 2 N–H and O–H groups in total. The van der Waals surface area contributed by atoms with Crippen LogP contribution in [0.15, 0.2) is 0 Å². The van der Waals surface area contributed by atoms with Gasteiger partial charge in [0.25, 0.3) is 13.9 Å². The molecule has 86 valence electrons. The monoisotopic (exact) mass is 228 g/mol. The predicted octanol–water partition coefficient (Wildman–Crippen LogP) is 1.81. The van der Waals surface area contributed by atoms with Crippen LogP contribution in [0.3, 0.4) is 0 Å². The fourth-order valence-corrected chi connectivity index (χ4v) is 4.21. The average molecular weight is 228 g/mol. The second kappa shape index (κ2) is 5.13. The fraction of sp³-hybridized carbons (Fsp3) is 1.00. The molecular formula is C8H19F3N2Si. The molecule has 0 fully saturated rings. The molecule has 0 saturated carbocycles. The molecule has 2 nitrogen and oxygen atoms in total. The number of nitrogens with one attached hydrogen (secondary N) is 2. The Bertz CT molecular complexity index is 170. The minimum Gasteiger partial charge on any atom is -0.321 e.